The van der Waals surface area contributed by atoms with Crippen LogP contribution in [0.4, 0.5) is 0 Å². The third-order valence-electron chi connectivity index (χ3n) is 1.77. The van der Waals surface area contributed by atoms with Gasteiger partial charge in [-0.2, -0.15) is 0 Å². The van der Waals surface area contributed by atoms with E-state index in [0.29, 0.717) is 6.42 Å². The van der Waals surface area contributed by atoms with Gasteiger partial charge in [0, 0.05) is 9.82 Å². The summed E-state index contributed by atoms with van der Waals surface area (Å²) in [6.07, 6.45) is 3.65. The van der Waals surface area contributed by atoms with Gasteiger partial charge in [-0.1, -0.05) is 36.4 Å². The van der Waals surface area contributed by atoms with Gasteiger partial charge in [-0.3, -0.25) is 0 Å². The predicted octanol–water partition coefficient (Wildman–Crippen LogP) is 3.90. The van der Waals surface area contributed by atoms with Crippen LogP contribution in [0.25, 0.3) is 20.9 Å². The summed E-state index contributed by atoms with van der Waals surface area (Å²) in [6, 6.07) is 0. The van der Waals surface area contributed by atoms with E-state index in [1.165, 1.54) is 0 Å². The molecule has 0 aromatic heterocycles. The van der Waals surface area contributed by atoms with E-state index in [4.69, 9.17) is 11.1 Å². The summed E-state index contributed by atoms with van der Waals surface area (Å²) in [6.45, 7) is 3.72. The lowest BCUT2D eigenvalue weighted by molar-refractivity contribution is 0.423. The van der Waals surface area contributed by atoms with E-state index in [1.54, 1.807) is 6.92 Å². The highest BCUT2D eigenvalue weighted by Gasteiger charge is 2.19. The van der Waals surface area contributed by atoms with E-state index >= 15 is 0 Å². The fourth-order valence-corrected chi connectivity index (χ4v) is 1.02. The SMILES string of the molecule is CCCCCC(C)(N=[N+]=[N-])N=[N+]=[N-]. The lowest BCUT2D eigenvalue weighted by Crippen LogP contribution is -2.16. The van der Waals surface area contributed by atoms with Crippen molar-refractivity contribution in [3.8, 4) is 0 Å². The highest BCUT2D eigenvalue weighted by atomic mass is 15.3. The summed E-state index contributed by atoms with van der Waals surface area (Å²) in [4.78, 5) is 5.33. The quantitative estimate of drug-likeness (QED) is 0.257. The molecular formula is C7H14N6. The molecule has 72 valence electrons. The molecule has 0 spiro atoms. The minimum atomic E-state index is -0.932. The van der Waals surface area contributed by atoms with Crippen molar-refractivity contribution in [1.82, 2.24) is 0 Å². The first-order valence-electron chi connectivity index (χ1n) is 4.31. The molecule has 0 N–H and O–H groups in total. The minimum Gasteiger partial charge on any atom is -0.0815 e. The van der Waals surface area contributed by atoms with Crippen molar-refractivity contribution in [2.45, 2.75) is 45.2 Å². The summed E-state index contributed by atoms with van der Waals surface area (Å²) in [5.41, 5.74) is 15.6. The Morgan fingerprint density at radius 1 is 1.15 bits per heavy atom. The molecule has 6 nitrogen and oxygen atoms in total. The van der Waals surface area contributed by atoms with Gasteiger partial charge in [0.05, 0.1) is 0 Å². The molecule has 0 atom stereocenters. The second-order valence-electron chi connectivity index (χ2n) is 3.05. The van der Waals surface area contributed by atoms with Crippen molar-refractivity contribution in [2.24, 2.45) is 10.2 Å². The maximum atomic E-state index is 8.26. The molecular weight excluding hydrogens is 168 g/mol. The van der Waals surface area contributed by atoms with Crippen LogP contribution in [-0.2, 0) is 0 Å². The van der Waals surface area contributed by atoms with Gasteiger partial charge in [0.2, 0.25) is 0 Å². The Morgan fingerprint density at radius 2 is 1.69 bits per heavy atom. The number of unbranched alkanes of at least 4 members (excludes halogenated alkanes) is 2. The first-order chi connectivity index (χ1) is 6.18. The summed E-state index contributed by atoms with van der Waals surface area (Å²) in [5, 5.41) is 6.96. The molecule has 0 aromatic rings. The Kier molecular flexibility index (Phi) is 5.52. The molecule has 6 heteroatoms. The van der Waals surface area contributed by atoms with Crippen LogP contribution < -0.4 is 0 Å². The summed E-state index contributed by atoms with van der Waals surface area (Å²) >= 11 is 0. The third-order valence-corrected chi connectivity index (χ3v) is 1.77. The highest BCUT2D eigenvalue weighted by molar-refractivity contribution is 4.80. The van der Waals surface area contributed by atoms with Gasteiger partial charge in [-0.05, 0) is 24.4 Å². The molecule has 0 amide bonds. The number of hydrogen-bond acceptors (Lipinski definition) is 2. The van der Waals surface area contributed by atoms with Crippen LogP contribution in [-0.4, -0.2) is 5.66 Å². The third kappa shape index (κ3) is 4.95. The van der Waals surface area contributed by atoms with E-state index in [1.807, 2.05) is 0 Å². The van der Waals surface area contributed by atoms with E-state index in [2.05, 4.69) is 27.0 Å². The van der Waals surface area contributed by atoms with Crippen LogP contribution in [0.3, 0.4) is 0 Å². The topological polar surface area (TPSA) is 97.5 Å². The number of hydrogen-bond donors (Lipinski definition) is 0. The van der Waals surface area contributed by atoms with Crippen LogP contribution in [0.15, 0.2) is 10.2 Å². The molecule has 0 rings (SSSR count). The lowest BCUT2D eigenvalue weighted by Gasteiger charge is -2.15. The van der Waals surface area contributed by atoms with Gasteiger partial charge in [-0.25, -0.2) is 0 Å². The molecule has 0 radical (unpaired) electrons. The first-order valence-corrected chi connectivity index (χ1v) is 4.31. The molecule has 0 aliphatic heterocycles. The molecule has 0 aliphatic rings. The highest BCUT2D eigenvalue weighted by Crippen LogP contribution is 2.21. The fourth-order valence-electron chi connectivity index (χ4n) is 1.02. The first kappa shape index (κ1) is 11.6. The molecule has 0 heterocycles. The van der Waals surface area contributed by atoms with Crippen molar-refractivity contribution < 1.29 is 0 Å². The monoisotopic (exact) mass is 182 g/mol. The lowest BCUT2D eigenvalue weighted by atomic mass is 10.1. The summed E-state index contributed by atoms with van der Waals surface area (Å²) in [7, 11) is 0. The van der Waals surface area contributed by atoms with Crippen LogP contribution in [0, 0.1) is 0 Å². The van der Waals surface area contributed by atoms with Crippen LogP contribution in [0.1, 0.15) is 39.5 Å². The van der Waals surface area contributed by atoms with Crippen molar-refractivity contribution in [2.75, 3.05) is 0 Å². The second-order valence-corrected chi connectivity index (χ2v) is 3.05. The average Bonchev–Trinajstić information content (AvgIpc) is 2.05. The van der Waals surface area contributed by atoms with Gasteiger partial charge < -0.3 is 0 Å². The zero-order valence-corrected chi connectivity index (χ0v) is 8.01. The minimum absolute atomic E-state index is 0.606. The fraction of sp³-hybridized carbons (Fsp3) is 1.00. The normalized spacial score (nSPS) is 13.7. The Labute approximate surface area is 77.2 Å². The van der Waals surface area contributed by atoms with Gasteiger partial charge >= 0.3 is 0 Å². The second kappa shape index (κ2) is 6.17. The Hall–Kier alpha value is -1.38. The molecule has 0 saturated heterocycles. The average molecular weight is 182 g/mol. The molecule has 0 fully saturated rings. The van der Waals surface area contributed by atoms with Crippen molar-refractivity contribution >= 4 is 0 Å². The van der Waals surface area contributed by atoms with Crippen LogP contribution in [0.2, 0.25) is 0 Å². The van der Waals surface area contributed by atoms with E-state index in [9.17, 15) is 0 Å². The molecule has 0 aromatic carbocycles. The van der Waals surface area contributed by atoms with Gasteiger partial charge in [0.1, 0.15) is 5.66 Å². The zero-order valence-electron chi connectivity index (χ0n) is 8.01. The van der Waals surface area contributed by atoms with Gasteiger partial charge in [-0.15, -0.1) is 0 Å². The smallest absolute Gasteiger partial charge is 0.0815 e. The summed E-state index contributed by atoms with van der Waals surface area (Å²) < 4.78 is 0. The van der Waals surface area contributed by atoms with E-state index in [-0.39, 0.29) is 0 Å². The molecule has 0 bridgehead atoms. The molecule has 0 unspecified atom stereocenters. The van der Waals surface area contributed by atoms with Gasteiger partial charge in [0.15, 0.2) is 0 Å². The van der Waals surface area contributed by atoms with Crippen molar-refractivity contribution in [3.05, 3.63) is 20.9 Å². The zero-order chi connectivity index (χ0) is 10.2. The van der Waals surface area contributed by atoms with Crippen LogP contribution >= 0.6 is 0 Å². The largest absolute Gasteiger partial charge is 0.124 e. The molecule has 0 aliphatic carbocycles. The van der Waals surface area contributed by atoms with E-state index in [0.717, 1.165) is 19.3 Å². The maximum Gasteiger partial charge on any atom is 0.124 e. The Bertz CT molecular complexity index is 217. The standard InChI is InChI=1S/C7H14N6/c1-3-4-5-6-7(2,10-12-8)11-13-9/h3-6H2,1-2H3. The molecule has 0 saturated carbocycles. The number of azide groups is 1. The predicted molar refractivity (Wildman–Crippen MR) is 50.8 cm³/mol. The number of rotatable bonds is 6. The Balaban J connectivity index is 4.23. The van der Waals surface area contributed by atoms with Gasteiger partial charge in [0.25, 0.3) is 0 Å². The maximum absolute atomic E-state index is 8.26. The summed E-state index contributed by atoms with van der Waals surface area (Å²) in [5.74, 6) is 0. The van der Waals surface area contributed by atoms with Crippen molar-refractivity contribution in [3.63, 3.8) is 0 Å². The van der Waals surface area contributed by atoms with Crippen LogP contribution in [0.5, 0.6) is 0 Å². The molecule has 13 heavy (non-hydrogen) atoms. The Morgan fingerprint density at radius 3 is 2.08 bits per heavy atom. The van der Waals surface area contributed by atoms with Crippen molar-refractivity contribution in [1.29, 1.82) is 0 Å². The number of nitrogens with zero attached hydrogens (tertiary/aromatic N) is 6. The van der Waals surface area contributed by atoms with E-state index < -0.39 is 5.66 Å².